The highest BCUT2D eigenvalue weighted by Crippen LogP contribution is 2.33. The van der Waals surface area contributed by atoms with Gasteiger partial charge in [-0.2, -0.15) is 0 Å². The van der Waals surface area contributed by atoms with E-state index in [9.17, 15) is 9.59 Å². The topological polar surface area (TPSA) is 65.8 Å². The molecule has 39 heavy (non-hydrogen) atoms. The van der Waals surface area contributed by atoms with Crippen molar-refractivity contribution in [1.82, 2.24) is 4.90 Å². The minimum atomic E-state index is -0.422. The minimum absolute atomic E-state index is 0.0300. The minimum Gasteiger partial charge on any atom is -0.451 e. The molecule has 0 radical (unpaired) electrons. The number of carbonyl (C=O) groups is 2. The summed E-state index contributed by atoms with van der Waals surface area (Å²) in [7, 11) is 0. The first-order chi connectivity index (χ1) is 18.9. The van der Waals surface area contributed by atoms with Crippen molar-refractivity contribution in [1.29, 1.82) is 0 Å². The first kappa shape index (κ1) is 26.9. The number of benzene rings is 3. The van der Waals surface area contributed by atoms with E-state index in [2.05, 4.69) is 10.2 Å². The van der Waals surface area contributed by atoms with Crippen molar-refractivity contribution < 1.29 is 14.0 Å². The SMILES string of the molecule is O=C(Nc1cc(Cl)ccc1N1CCN(C(=O)/C=C/c2ccccc2)CC1)c1ccc(-c2ccc(Cl)cc2Cl)o1. The summed E-state index contributed by atoms with van der Waals surface area (Å²) in [5.74, 6) is 0.130. The van der Waals surface area contributed by atoms with Gasteiger partial charge in [0.05, 0.1) is 16.4 Å². The molecule has 4 aromatic rings. The van der Waals surface area contributed by atoms with Gasteiger partial charge in [0.1, 0.15) is 5.76 Å². The Hall–Kier alpha value is -3.71. The van der Waals surface area contributed by atoms with Gasteiger partial charge in [0, 0.05) is 47.9 Å². The van der Waals surface area contributed by atoms with Crippen LogP contribution in [0.3, 0.4) is 0 Å². The fraction of sp³-hybridized carbons (Fsp3) is 0.133. The van der Waals surface area contributed by atoms with Gasteiger partial charge in [-0.25, -0.2) is 0 Å². The summed E-state index contributed by atoms with van der Waals surface area (Å²) in [4.78, 5) is 29.7. The zero-order valence-corrected chi connectivity index (χ0v) is 23.0. The number of halogens is 3. The smallest absolute Gasteiger partial charge is 0.291 e. The normalized spacial score (nSPS) is 13.6. The van der Waals surface area contributed by atoms with Gasteiger partial charge in [0.15, 0.2) is 5.76 Å². The summed E-state index contributed by atoms with van der Waals surface area (Å²) in [6.07, 6.45) is 3.43. The van der Waals surface area contributed by atoms with E-state index in [4.69, 9.17) is 39.2 Å². The largest absolute Gasteiger partial charge is 0.451 e. The first-order valence-electron chi connectivity index (χ1n) is 12.3. The molecule has 0 spiro atoms. The molecule has 3 aromatic carbocycles. The molecule has 1 aliphatic heterocycles. The fourth-order valence-corrected chi connectivity index (χ4v) is 5.04. The second-order valence-electron chi connectivity index (χ2n) is 8.96. The maximum Gasteiger partial charge on any atom is 0.291 e. The van der Waals surface area contributed by atoms with Gasteiger partial charge in [0.2, 0.25) is 5.91 Å². The van der Waals surface area contributed by atoms with Crippen LogP contribution in [-0.4, -0.2) is 42.9 Å². The van der Waals surface area contributed by atoms with Gasteiger partial charge < -0.3 is 19.5 Å². The van der Waals surface area contributed by atoms with Crippen LogP contribution in [0.15, 0.2) is 89.4 Å². The molecule has 1 saturated heterocycles. The van der Waals surface area contributed by atoms with Crippen LogP contribution in [0.1, 0.15) is 16.1 Å². The maximum absolute atomic E-state index is 13.1. The Balaban J connectivity index is 1.26. The van der Waals surface area contributed by atoms with E-state index in [-0.39, 0.29) is 11.7 Å². The van der Waals surface area contributed by atoms with Crippen molar-refractivity contribution in [3.63, 3.8) is 0 Å². The lowest BCUT2D eigenvalue weighted by atomic mass is 10.2. The number of hydrogen-bond donors (Lipinski definition) is 1. The highest BCUT2D eigenvalue weighted by atomic mass is 35.5. The number of rotatable bonds is 6. The summed E-state index contributed by atoms with van der Waals surface area (Å²) in [5, 5.41) is 4.34. The lowest BCUT2D eigenvalue weighted by Gasteiger charge is -2.36. The zero-order chi connectivity index (χ0) is 27.4. The van der Waals surface area contributed by atoms with Gasteiger partial charge in [-0.1, -0.05) is 65.1 Å². The highest BCUT2D eigenvalue weighted by molar-refractivity contribution is 6.36. The number of hydrogen-bond acceptors (Lipinski definition) is 4. The Morgan fingerprint density at radius 3 is 2.28 bits per heavy atom. The molecule has 1 fully saturated rings. The van der Waals surface area contributed by atoms with Crippen molar-refractivity contribution in [2.24, 2.45) is 0 Å². The molecule has 1 N–H and O–H groups in total. The Morgan fingerprint density at radius 2 is 1.54 bits per heavy atom. The van der Waals surface area contributed by atoms with Crippen LogP contribution in [0, 0.1) is 0 Å². The van der Waals surface area contributed by atoms with Crippen molar-refractivity contribution in [2.45, 2.75) is 0 Å². The van der Waals surface area contributed by atoms with E-state index in [1.807, 2.05) is 47.4 Å². The average molecular weight is 581 g/mol. The lowest BCUT2D eigenvalue weighted by Crippen LogP contribution is -2.48. The summed E-state index contributed by atoms with van der Waals surface area (Å²) in [5.41, 5.74) is 2.98. The number of amides is 2. The first-order valence-corrected chi connectivity index (χ1v) is 13.4. The van der Waals surface area contributed by atoms with Crippen LogP contribution in [0.4, 0.5) is 11.4 Å². The molecule has 0 aliphatic carbocycles. The van der Waals surface area contributed by atoms with E-state index in [1.54, 1.807) is 48.5 Å². The molecule has 9 heteroatoms. The predicted molar refractivity (Wildman–Crippen MR) is 158 cm³/mol. The van der Waals surface area contributed by atoms with E-state index in [0.717, 1.165) is 11.3 Å². The van der Waals surface area contributed by atoms with Crippen molar-refractivity contribution in [3.05, 3.63) is 111 Å². The highest BCUT2D eigenvalue weighted by Gasteiger charge is 2.23. The zero-order valence-electron chi connectivity index (χ0n) is 20.7. The molecule has 2 amide bonds. The lowest BCUT2D eigenvalue weighted by molar-refractivity contribution is -0.126. The Morgan fingerprint density at radius 1 is 0.821 bits per heavy atom. The predicted octanol–water partition coefficient (Wildman–Crippen LogP) is 7.52. The number of anilines is 2. The van der Waals surface area contributed by atoms with Crippen LogP contribution in [0.2, 0.25) is 15.1 Å². The summed E-state index contributed by atoms with van der Waals surface area (Å²) in [6, 6.07) is 23.4. The standard InChI is InChI=1S/C30H24Cl3N3O3/c31-21-7-9-23(24(33)18-21)27-11-12-28(39-27)30(38)34-25-19-22(32)8-10-26(25)35-14-16-36(17-15-35)29(37)13-6-20-4-2-1-3-5-20/h1-13,18-19H,14-17H2,(H,34,38)/b13-6+. The molecule has 0 bridgehead atoms. The van der Waals surface area contributed by atoms with Crippen LogP contribution in [0.5, 0.6) is 0 Å². The van der Waals surface area contributed by atoms with Crippen LogP contribution >= 0.6 is 34.8 Å². The third-order valence-corrected chi connectivity index (χ3v) is 7.17. The third-order valence-electron chi connectivity index (χ3n) is 6.38. The van der Waals surface area contributed by atoms with Gasteiger partial charge in [0.25, 0.3) is 5.91 Å². The molecule has 0 unspecified atom stereocenters. The van der Waals surface area contributed by atoms with E-state index >= 15 is 0 Å². The molecule has 198 valence electrons. The van der Waals surface area contributed by atoms with Gasteiger partial charge in [-0.05, 0) is 60.2 Å². The van der Waals surface area contributed by atoms with Crippen LogP contribution < -0.4 is 10.2 Å². The van der Waals surface area contributed by atoms with Crippen LogP contribution in [0.25, 0.3) is 17.4 Å². The number of nitrogens with one attached hydrogen (secondary N) is 1. The number of furan rings is 1. The Labute approximate surface area is 241 Å². The number of piperazine rings is 1. The average Bonchev–Trinajstić information content (AvgIpc) is 3.43. The number of nitrogens with zero attached hydrogens (tertiary/aromatic N) is 2. The Kier molecular flexibility index (Phi) is 8.27. The molecule has 0 saturated carbocycles. The van der Waals surface area contributed by atoms with Gasteiger partial charge >= 0.3 is 0 Å². The van der Waals surface area contributed by atoms with Crippen molar-refractivity contribution in [3.8, 4) is 11.3 Å². The maximum atomic E-state index is 13.1. The van der Waals surface area contributed by atoms with Crippen molar-refractivity contribution in [2.75, 3.05) is 36.4 Å². The monoisotopic (exact) mass is 579 g/mol. The summed E-state index contributed by atoms with van der Waals surface area (Å²) < 4.78 is 5.80. The molecule has 5 rings (SSSR count). The molecule has 0 atom stereocenters. The summed E-state index contributed by atoms with van der Waals surface area (Å²) >= 11 is 18.5. The van der Waals surface area contributed by atoms with E-state index in [1.165, 1.54) is 0 Å². The molecular formula is C30H24Cl3N3O3. The molecule has 2 heterocycles. The second-order valence-corrected chi connectivity index (χ2v) is 10.2. The molecule has 1 aliphatic rings. The molecule has 6 nitrogen and oxygen atoms in total. The van der Waals surface area contributed by atoms with Crippen molar-refractivity contribution >= 4 is 64.1 Å². The quantitative estimate of drug-likeness (QED) is 0.240. The van der Waals surface area contributed by atoms with Crippen LogP contribution in [-0.2, 0) is 4.79 Å². The molecular weight excluding hydrogens is 557 g/mol. The Bertz CT molecular complexity index is 1530. The molecule has 1 aromatic heterocycles. The fourth-order valence-electron chi connectivity index (χ4n) is 4.37. The second kappa shape index (κ2) is 12.0. The summed E-state index contributed by atoms with van der Waals surface area (Å²) in [6.45, 7) is 2.32. The van der Waals surface area contributed by atoms with E-state index in [0.29, 0.717) is 58.3 Å². The van der Waals surface area contributed by atoms with Gasteiger partial charge in [-0.3, -0.25) is 9.59 Å². The third kappa shape index (κ3) is 6.48. The number of carbonyl (C=O) groups excluding carboxylic acids is 2. The van der Waals surface area contributed by atoms with E-state index < -0.39 is 5.91 Å². The van der Waals surface area contributed by atoms with Gasteiger partial charge in [-0.15, -0.1) is 0 Å².